The van der Waals surface area contributed by atoms with Gasteiger partial charge in [-0.25, -0.2) is 0 Å². The van der Waals surface area contributed by atoms with E-state index in [0.717, 1.165) is 52.4 Å². The van der Waals surface area contributed by atoms with Gasteiger partial charge in [0, 0.05) is 23.9 Å². The Morgan fingerprint density at radius 3 is 0.429 bits per heavy atom. The van der Waals surface area contributed by atoms with E-state index in [4.69, 9.17) is 0 Å². The molecule has 5 heteroatoms. The molecule has 0 aliphatic rings. The number of hydrogen-bond acceptors (Lipinski definition) is 4. The van der Waals surface area contributed by atoms with Crippen LogP contribution in [0.5, 0.6) is 0 Å². The predicted octanol–water partition coefficient (Wildman–Crippen LogP) is 2.08. The van der Waals surface area contributed by atoms with Crippen molar-refractivity contribution >= 4 is 23.9 Å². The quantitative estimate of drug-likeness (QED) is 0.462. The fourth-order valence-corrected chi connectivity index (χ4v) is 1.000. The summed E-state index contributed by atoms with van der Waals surface area (Å²) in [4.78, 5) is 0. The summed E-state index contributed by atoms with van der Waals surface area (Å²) in [6.45, 7) is 25.6. The first kappa shape index (κ1) is 33.3. The van der Waals surface area contributed by atoms with Crippen LogP contribution in [0, 0.1) is 0 Å². The molecule has 0 aromatic heterocycles. The molecule has 0 saturated heterocycles. The normalized spacial score (nSPS) is 8.00. The molecule has 0 heterocycles. The molecule has 21 heavy (non-hydrogen) atoms. The van der Waals surface area contributed by atoms with E-state index in [1.165, 1.54) is 0 Å². The summed E-state index contributed by atoms with van der Waals surface area (Å²) in [5.74, 6) is 0. The number of nitrogens with one attached hydrogen (secondary N) is 4. The SMILES string of the molecule is CCNCC.CCNCC.CCNCC.CCNCC.[Sn]. The third kappa shape index (κ3) is 96.1. The fraction of sp³-hybridized carbons (Fsp3) is 1.00. The maximum absolute atomic E-state index is 3.11. The molecular weight excluding hydrogens is 367 g/mol. The second-order valence-electron chi connectivity index (χ2n) is 3.83. The molecular formula is C16H44N4Sn. The van der Waals surface area contributed by atoms with Crippen molar-refractivity contribution < 1.29 is 0 Å². The Bertz CT molecular complexity index is 74.3. The summed E-state index contributed by atoms with van der Waals surface area (Å²) in [7, 11) is 0. The third-order valence-electron chi connectivity index (χ3n) is 2.00. The Labute approximate surface area is 153 Å². The smallest absolute Gasteiger partial charge is 0 e. The van der Waals surface area contributed by atoms with Crippen molar-refractivity contribution in [2.24, 2.45) is 0 Å². The number of rotatable bonds is 8. The summed E-state index contributed by atoms with van der Waals surface area (Å²) in [5.41, 5.74) is 0. The maximum Gasteiger partial charge on any atom is 0 e. The Hall–Kier alpha value is 0.639. The van der Waals surface area contributed by atoms with Crippen molar-refractivity contribution in [2.75, 3.05) is 52.4 Å². The van der Waals surface area contributed by atoms with E-state index in [9.17, 15) is 0 Å². The van der Waals surface area contributed by atoms with Gasteiger partial charge in [0.05, 0.1) is 0 Å². The minimum absolute atomic E-state index is 0. The van der Waals surface area contributed by atoms with Gasteiger partial charge in [-0.15, -0.1) is 0 Å². The van der Waals surface area contributed by atoms with E-state index in [-0.39, 0.29) is 23.9 Å². The molecule has 0 rings (SSSR count). The molecule has 0 aliphatic carbocycles. The first-order valence-electron chi connectivity index (χ1n) is 8.49. The van der Waals surface area contributed by atoms with Crippen molar-refractivity contribution in [1.82, 2.24) is 21.3 Å². The molecule has 0 aliphatic heterocycles. The average Bonchev–Trinajstić information content (AvgIpc) is 2.44. The molecule has 4 nitrogen and oxygen atoms in total. The first-order valence-corrected chi connectivity index (χ1v) is 8.49. The van der Waals surface area contributed by atoms with E-state index in [2.05, 4.69) is 76.7 Å². The van der Waals surface area contributed by atoms with Gasteiger partial charge in [0.1, 0.15) is 0 Å². The van der Waals surface area contributed by atoms with Gasteiger partial charge in [-0.3, -0.25) is 0 Å². The molecule has 0 atom stereocenters. The average molecular weight is 411 g/mol. The van der Waals surface area contributed by atoms with Gasteiger partial charge in [0.25, 0.3) is 0 Å². The summed E-state index contributed by atoms with van der Waals surface area (Å²) in [6.07, 6.45) is 0. The van der Waals surface area contributed by atoms with Gasteiger partial charge >= 0.3 is 0 Å². The van der Waals surface area contributed by atoms with Crippen molar-refractivity contribution in [1.29, 1.82) is 0 Å². The van der Waals surface area contributed by atoms with Crippen molar-refractivity contribution in [2.45, 2.75) is 55.4 Å². The first-order chi connectivity index (χ1) is 9.66. The Balaban J connectivity index is -0.0000000533. The van der Waals surface area contributed by atoms with Crippen molar-refractivity contribution in [3.8, 4) is 0 Å². The van der Waals surface area contributed by atoms with Crippen LogP contribution < -0.4 is 21.3 Å². The van der Waals surface area contributed by atoms with Crippen molar-refractivity contribution in [3.05, 3.63) is 0 Å². The topological polar surface area (TPSA) is 48.1 Å². The monoisotopic (exact) mass is 412 g/mol. The molecule has 0 bridgehead atoms. The van der Waals surface area contributed by atoms with Crippen LogP contribution in [0.25, 0.3) is 0 Å². The van der Waals surface area contributed by atoms with Crippen LogP contribution in [0.4, 0.5) is 0 Å². The second-order valence-corrected chi connectivity index (χ2v) is 3.83. The standard InChI is InChI=1S/4C4H11N.Sn/c4*1-3-5-4-2;/h4*5H,3-4H2,1-2H3;. The zero-order chi connectivity index (χ0) is 16.5. The zero-order valence-electron chi connectivity index (χ0n) is 16.2. The Morgan fingerprint density at radius 1 is 0.333 bits per heavy atom. The minimum Gasteiger partial charge on any atom is -0.317 e. The van der Waals surface area contributed by atoms with Gasteiger partial charge in [0.2, 0.25) is 0 Å². The summed E-state index contributed by atoms with van der Waals surface area (Å²) >= 11 is 0. The van der Waals surface area contributed by atoms with Crippen LogP contribution in [-0.4, -0.2) is 76.3 Å². The summed E-state index contributed by atoms with van der Waals surface area (Å²) < 4.78 is 0. The van der Waals surface area contributed by atoms with E-state index in [1.807, 2.05) is 0 Å². The van der Waals surface area contributed by atoms with Crippen LogP contribution in [-0.2, 0) is 0 Å². The van der Waals surface area contributed by atoms with Gasteiger partial charge < -0.3 is 21.3 Å². The molecule has 0 aromatic carbocycles. The van der Waals surface area contributed by atoms with E-state index >= 15 is 0 Å². The van der Waals surface area contributed by atoms with Gasteiger partial charge in [0.15, 0.2) is 0 Å². The summed E-state index contributed by atoms with van der Waals surface area (Å²) in [6, 6.07) is 0. The molecule has 0 fully saturated rings. The van der Waals surface area contributed by atoms with Crippen molar-refractivity contribution in [3.63, 3.8) is 0 Å². The van der Waals surface area contributed by atoms with E-state index < -0.39 is 0 Å². The third-order valence-corrected chi connectivity index (χ3v) is 2.00. The van der Waals surface area contributed by atoms with Crippen LogP contribution in [0.2, 0.25) is 0 Å². The maximum atomic E-state index is 3.11. The minimum atomic E-state index is 0. The Kier molecular flexibility index (Phi) is 79.0. The molecule has 0 unspecified atom stereocenters. The molecule has 4 N–H and O–H groups in total. The largest absolute Gasteiger partial charge is 0.317 e. The van der Waals surface area contributed by atoms with Crippen LogP contribution in [0.3, 0.4) is 0 Å². The number of hydrogen-bond donors (Lipinski definition) is 4. The van der Waals surface area contributed by atoms with Crippen LogP contribution >= 0.6 is 0 Å². The Morgan fingerprint density at radius 2 is 0.429 bits per heavy atom. The van der Waals surface area contributed by atoms with Crippen LogP contribution in [0.1, 0.15) is 55.4 Å². The fourth-order valence-electron chi connectivity index (χ4n) is 1.000. The van der Waals surface area contributed by atoms with Gasteiger partial charge in [-0.2, -0.15) is 0 Å². The van der Waals surface area contributed by atoms with Crippen LogP contribution in [0.15, 0.2) is 0 Å². The predicted molar refractivity (Wildman–Crippen MR) is 103 cm³/mol. The summed E-state index contributed by atoms with van der Waals surface area (Å²) in [5, 5.41) is 12.4. The molecule has 0 spiro atoms. The van der Waals surface area contributed by atoms with E-state index in [1.54, 1.807) is 0 Å². The molecule has 0 saturated carbocycles. The molecule has 132 valence electrons. The van der Waals surface area contributed by atoms with E-state index in [0.29, 0.717) is 0 Å². The molecule has 0 aromatic rings. The zero-order valence-corrected chi connectivity index (χ0v) is 19.0. The molecule has 4 radical (unpaired) electrons. The van der Waals surface area contributed by atoms with Gasteiger partial charge in [-0.05, 0) is 52.4 Å². The second kappa shape index (κ2) is 49.8. The molecule has 0 amide bonds. The van der Waals surface area contributed by atoms with Gasteiger partial charge in [-0.1, -0.05) is 55.4 Å².